The number of amides is 1. The molecule has 1 amide bonds. The highest BCUT2D eigenvalue weighted by atomic mass is 16.2. The zero-order valence-corrected chi connectivity index (χ0v) is 15.3. The van der Waals surface area contributed by atoms with E-state index in [1.807, 2.05) is 62.4 Å². The van der Waals surface area contributed by atoms with Gasteiger partial charge in [-0.25, -0.2) is 0 Å². The number of H-pyrrole nitrogens is 1. The number of carbonyl (C=O) groups excluding carboxylic acids is 1. The van der Waals surface area contributed by atoms with Crippen molar-refractivity contribution in [3.8, 4) is 6.07 Å². The van der Waals surface area contributed by atoms with Gasteiger partial charge in [0.2, 0.25) is 0 Å². The van der Waals surface area contributed by atoms with Crippen molar-refractivity contribution in [1.29, 1.82) is 5.26 Å². The molecule has 1 N–H and O–H groups in total. The van der Waals surface area contributed by atoms with Crippen LogP contribution in [0.1, 0.15) is 33.6 Å². The van der Waals surface area contributed by atoms with Crippen LogP contribution in [-0.2, 0) is 11.3 Å². The van der Waals surface area contributed by atoms with Crippen molar-refractivity contribution in [2.45, 2.75) is 20.4 Å². The van der Waals surface area contributed by atoms with Crippen molar-refractivity contribution in [1.82, 2.24) is 4.98 Å². The molecule has 0 fully saturated rings. The van der Waals surface area contributed by atoms with Crippen molar-refractivity contribution >= 4 is 23.2 Å². The molecule has 132 valence electrons. The molecule has 1 aliphatic heterocycles. The van der Waals surface area contributed by atoms with Crippen molar-refractivity contribution in [3.05, 3.63) is 88.2 Å². The molecule has 2 aromatic carbocycles. The minimum Gasteiger partial charge on any atom is -0.359 e. The SMILES string of the molecule is Cc1cc(C)c(/C=C2\C(=O)N(Cc3cccc(C#N)c3)c3ccccc32)[nH]1. The molecule has 27 heavy (non-hydrogen) atoms. The quantitative estimate of drug-likeness (QED) is 0.700. The van der Waals surface area contributed by atoms with E-state index in [2.05, 4.69) is 17.1 Å². The first-order chi connectivity index (χ1) is 13.1. The number of nitrogens with zero attached hydrogens (tertiary/aromatic N) is 2. The maximum atomic E-state index is 13.2. The van der Waals surface area contributed by atoms with E-state index in [9.17, 15) is 4.79 Å². The predicted molar refractivity (Wildman–Crippen MR) is 107 cm³/mol. The van der Waals surface area contributed by atoms with E-state index in [1.54, 1.807) is 11.0 Å². The Morgan fingerprint density at radius 2 is 1.93 bits per heavy atom. The van der Waals surface area contributed by atoms with Crippen LogP contribution in [-0.4, -0.2) is 10.9 Å². The van der Waals surface area contributed by atoms with Crippen LogP contribution in [0.5, 0.6) is 0 Å². The summed E-state index contributed by atoms with van der Waals surface area (Å²) in [5.41, 5.74) is 7.20. The Morgan fingerprint density at radius 3 is 2.67 bits per heavy atom. The first-order valence-electron chi connectivity index (χ1n) is 8.85. The lowest BCUT2D eigenvalue weighted by Crippen LogP contribution is -2.25. The van der Waals surface area contributed by atoms with Crippen LogP contribution >= 0.6 is 0 Å². The number of fused-ring (bicyclic) bond motifs is 1. The van der Waals surface area contributed by atoms with Gasteiger partial charge in [-0.2, -0.15) is 5.26 Å². The third kappa shape index (κ3) is 3.04. The van der Waals surface area contributed by atoms with E-state index >= 15 is 0 Å². The minimum atomic E-state index is -0.0230. The largest absolute Gasteiger partial charge is 0.359 e. The molecule has 1 aromatic heterocycles. The molecular formula is C23H19N3O. The van der Waals surface area contributed by atoms with Crippen molar-refractivity contribution in [2.24, 2.45) is 0 Å². The zero-order valence-electron chi connectivity index (χ0n) is 15.3. The third-order valence-corrected chi connectivity index (χ3v) is 4.84. The summed E-state index contributed by atoms with van der Waals surface area (Å²) in [7, 11) is 0. The summed E-state index contributed by atoms with van der Waals surface area (Å²) < 4.78 is 0. The lowest BCUT2D eigenvalue weighted by molar-refractivity contribution is -0.113. The molecule has 0 spiro atoms. The average Bonchev–Trinajstić information content (AvgIpc) is 3.13. The maximum absolute atomic E-state index is 13.2. The van der Waals surface area contributed by atoms with Gasteiger partial charge in [0.05, 0.1) is 29.4 Å². The van der Waals surface area contributed by atoms with Gasteiger partial charge in [-0.05, 0) is 55.3 Å². The minimum absolute atomic E-state index is 0.0230. The highest BCUT2D eigenvalue weighted by molar-refractivity contribution is 6.35. The number of nitrogens with one attached hydrogen (secondary N) is 1. The molecule has 0 bridgehead atoms. The third-order valence-electron chi connectivity index (χ3n) is 4.84. The van der Waals surface area contributed by atoms with Crippen molar-refractivity contribution < 1.29 is 4.79 Å². The van der Waals surface area contributed by atoms with E-state index in [-0.39, 0.29) is 5.91 Å². The molecule has 0 unspecified atom stereocenters. The number of benzene rings is 2. The number of aromatic nitrogens is 1. The highest BCUT2D eigenvalue weighted by Gasteiger charge is 2.32. The van der Waals surface area contributed by atoms with Crippen LogP contribution < -0.4 is 4.90 Å². The van der Waals surface area contributed by atoms with E-state index in [1.165, 1.54) is 0 Å². The van der Waals surface area contributed by atoms with Gasteiger partial charge in [0, 0.05) is 17.0 Å². The molecule has 0 atom stereocenters. The predicted octanol–water partition coefficient (Wildman–Crippen LogP) is 4.59. The fraction of sp³-hybridized carbons (Fsp3) is 0.130. The van der Waals surface area contributed by atoms with Crippen LogP contribution in [0.2, 0.25) is 0 Å². The Kier molecular flexibility index (Phi) is 4.13. The van der Waals surface area contributed by atoms with Gasteiger partial charge < -0.3 is 9.88 Å². The first-order valence-corrected chi connectivity index (χ1v) is 8.85. The number of aryl methyl sites for hydroxylation is 2. The van der Waals surface area contributed by atoms with E-state index in [4.69, 9.17) is 5.26 Å². The van der Waals surface area contributed by atoms with E-state index in [0.717, 1.165) is 33.8 Å². The monoisotopic (exact) mass is 353 g/mol. The Balaban J connectivity index is 1.76. The van der Waals surface area contributed by atoms with Crippen molar-refractivity contribution in [2.75, 3.05) is 4.90 Å². The van der Waals surface area contributed by atoms with Crippen LogP contribution in [0.3, 0.4) is 0 Å². The Labute approximate surface area is 158 Å². The topological polar surface area (TPSA) is 59.9 Å². The molecular weight excluding hydrogens is 334 g/mol. The summed E-state index contributed by atoms with van der Waals surface area (Å²) >= 11 is 0. The maximum Gasteiger partial charge on any atom is 0.259 e. The average molecular weight is 353 g/mol. The number of nitriles is 1. The number of rotatable bonds is 3. The molecule has 4 heteroatoms. The number of hydrogen-bond acceptors (Lipinski definition) is 2. The molecule has 0 aliphatic carbocycles. The lowest BCUT2D eigenvalue weighted by Gasteiger charge is -2.17. The molecule has 1 aliphatic rings. The number of carbonyl (C=O) groups is 1. The van der Waals surface area contributed by atoms with E-state index < -0.39 is 0 Å². The Hall–Kier alpha value is -3.58. The van der Waals surface area contributed by atoms with Crippen LogP contribution in [0.15, 0.2) is 54.6 Å². The fourth-order valence-corrected chi connectivity index (χ4v) is 3.57. The van der Waals surface area contributed by atoms with Gasteiger partial charge in [0.25, 0.3) is 5.91 Å². The fourth-order valence-electron chi connectivity index (χ4n) is 3.57. The molecule has 0 saturated heterocycles. The number of para-hydroxylation sites is 1. The summed E-state index contributed by atoms with van der Waals surface area (Å²) in [4.78, 5) is 18.3. The number of anilines is 1. The van der Waals surface area contributed by atoms with Gasteiger partial charge in [-0.15, -0.1) is 0 Å². The second kappa shape index (κ2) is 6.62. The molecule has 3 aromatic rings. The highest BCUT2D eigenvalue weighted by Crippen LogP contribution is 2.38. The normalized spacial score (nSPS) is 14.5. The lowest BCUT2D eigenvalue weighted by atomic mass is 10.1. The zero-order chi connectivity index (χ0) is 19.0. The van der Waals surface area contributed by atoms with Gasteiger partial charge in [0.15, 0.2) is 0 Å². The molecule has 4 rings (SSSR count). The van der Waals surface area contributed by atoms with E-state index in [0.29, 0.717) is 17.7 Å². The number of hydrogen-bond donors (Lipinski definition) is 1. The molecule has 0 saturated carbocycles. The summed E-state index contributed by atoms with van der Waals surface area (Å²) in [5.74, 6) is -0.0230. The van der Waals surface area contributed by atoms with Gasteiger partial charge in [0.1, 0.15) is 0 Å². The summed E-state index contributed by atoms with van der Waals surface area (Å²) in [6, 6.07) is 19.5. The Bertz CT molecular complexity index is 1110. The van der Waals surface area contributed by atoms with Gasteiger partial charge >= 0.3 is 0 Å². The van der Waals surface area contributed by atoms with Crippen LogP contribution in [0.25, 0.3) is 11.6 Å². The summed E-state index contributed by atoms with van der Waals surface area (Å²) in [5, 5.41) is 9.12. The smallest absolute Gasteiger partial charge is 0.259 e. The van der Waals surface area contributed by atoms with Gasteiger partial charge in [-0.1, -0.05) is 30.3 Å². The van der Waals surface area contributed by atoms with Crippen LogP contribution in [0.4, 0.5) is 5.69 Å². The van der Waals surface area contributed by atoms with Gasteiger partial charge in [-0.3, -0.25) is 4.79 Å². The standard InChI is InChI=1S/C23H19N3O/c1-15-10-16(2)25-21(15)12-20-19-8-3-4-9-22(19)26(23(20)27)14-18-7-5-6-17(11-18)13-24/h3-12,25H,14H2,1-2H3/b20-12-. The van der Waals surface area contributed by atoms with Crippen molar-refractivity contribution in [3.63, 3.8) is 0 Å². The second-order valence-electron chi connectivity index (χ2n) is 6.83. The second-order valence-corrected chi connectivity index (χ2v) is 6.83. The summed E-state index contributed by atoms with van der Waals surface area (Å²) in [6.45, 7) is 4.48. The Morgan fingerprint density at radius 1 is 1.11 bits per heavy atom. The number of aromatic amines is 1. The molecule has 4 nitrogen and oxygen atoms in total. The van der Waals surface area contributed by atoms with Crippen LogP contribution in [0, 0.1) is 25.2 Å². The first kappa shape index (κ1) is 16.9. The molecule has 2 heterocycles. The summed E-state index contributed by atoms with van der Waals surface area (Å²) in [6.07, 6.45) is 1.94. The molecule has 0 radical (unpaired) electrons.